The van der Waals surface area contributed by atoms with E-state index in [1.807, 2.05) is 37.3 Å². The summed E-state index contributed by atoms with van der Waals surface area (Å²) >= 11 is 12.3. The molecule has 0 spiro atoms. The Labute approximate surface area is 199 Å². The molecule has 0 fully saturated rings. The highest BCUT2D eigenvalue weighted by Gasteiger charge is 2.26. The maximum Gasteiger partial charge on any atom is 0.326 e. The van der Waals surface area contributed by atoms with E-state index in [9.17, 15) is 9.59 Å². The molecule has 4 aromatic rings. The lowest BCUT2D eigenvalue weighted by Crippen LogP contribution is -2.27. The predicted molar refractivity (Wildman–Crippen MR) is 133 cm³/mol. The van der Waals surface area contributed by atoms with Gasteiger partial charge in [-0.25, -0.2) is 4.79 Å². The molecule has 0 unspecified atom stereocenters. The minimum Gasteiger partial charge on any atom is -0.324 e. The van der Waals surface area contributed by atoms with Gasteiger partial charge in [-0.2, -0.15) is 0 Å². The SMILES string of the molecule is CCn1c(=O)[nH]c2cc(C3=N[C@@H](Cc4ccc(Cl)cc4)C(=O)Nc4ccc(Cl)cc43)ccc21. The summed E-state index contributed by atoms with van der Waals surface area (Å²) in [5.74, 6) is -0.199. The van der Waals surface area contributed by atoms with E-state index in [0.717, 1.165) is 22.2 Å². The molecule has 1 aliphatic heterocycles. The van der Waals surface area contributed by atoms with E-state index in [2.05, 4.69) is 10.3 Å². The van der Waals surface area contributed by atoms with Crippen molar-refractivity contribution >= 4 is 51.5 Å². The number of aryl methyl sites for hydroxylation is 1. The largest absolute Gasteiger partial charge is 0.326 e. The minimum atomic E-state index is -0.651. The summed E-state index contributed by atoms with van der Waals surface area (Å²) < 4.78 is 1.67. The number of carbonyl (C=O) groups excluding carboxylic acids is 1. The first-order valence-corrected chi connectivity index (χ1v) is 11.3. The third-order valence-corrected chi connectivity index (χ3v) is 6.28. The van der Waals surface area contributed by atoms with Crippen molar-refractivity contribution in [2.75, 3.05) is 5.32 Å². The molecule has 2 N–H and O–H groups in total. The van der Waals surface area contributed by atoms with E-state index in [0.29, 0.717) is 39.9 Å². The van der Waals surface area contributed by atoms with Crippen molar-refractivity contribution in [3.8, 4) is 0 Å². The number of aromatic amines is 1. The van der Waals surface area contributed by atoms with Gasteiger partial charge in [-0.05, 0) is 55.0 Å². The third-order valence-electron chi connectivity index (χ3n) is 5.79. The lowest BCUT2D eigenvalue weighted by atomic mass is 9.99. The van der Waals surface area contributed by atoms with E-state index in [1.165, 1.54) is 0 Å². The zero-order chi connectivity index (χ0) is 23.1. The van der Waals surface area contributed by atoms with Crippen molar-refractivity contribution in [1.29, 1.82) is 0 Å². The van der Waals surface area contributed by atoms with Gasteiger partial charge in [0.2, 0.25) is 5.91 Å². The van der Waals surface area contributed by atoms with Crippen LogP contribution in [-0.4, -0.2) is 27.2 Å². The van der Waals surface area contributed by atoms with Crippen LogP contribution in [0, 0.1) is 0 Å². The number of fused-ring (bicyclic) bond motifs is 2. The van der Waals surface area contributed by atoms with Gasteiger partial charge in [0.1, 0.15) is 6.04 Å². The first-order valence-electron chi connectivity index (χ1n) is 10.6. The Hall–Kier alpha value is -3.35. The Balaban J connectivity index is 1.66. The van der Waals surface area contributed by atoms with E-state index < -0.39 is 6.04 Å². The standard InChI is InChI=1S/C25H20Cl2N4O2/c1-2-31-22-10-5-15(12-20(22)30-25(31)33)23-18-13-17(27)8-9-19(18)29-24(32)21(28-23)11-14-3-6-16(26)7-4-14/h3-10,12-13,21H,2,11H2,1H3,(H,29,32)(H,30,33)/t21-/m0/s1. The lowest BCUT2D eigenvalue weighted by Gasteiger charge is -2.12. The van der Waals surface area contributed by atoms with Crippen LogP contribution >= 0.6 is 23.2 Å². The zero-order valence-corrected chi connectivity index (χ0v) is 19.2. The number of nitrogens with zero attached hydrogens (tertiary/aromatic N) is 2. The molecule has 1 aromatic heterocycles. The van der Waals surface area contributed by atoms with Crippen LogP contribution in [0.1, 0.15) is 23.6 Å². The summed E-state index contributed by atoms with van der Waals surface area (Å²) in [5, 5.41) is 4.17. The maximum absolute atomic E-state index is 13.1. The summed E-state index contributed by atoms with van der Waals surface area (Å²) in [6, 6.07) is 17.8. The Morgan fingerprint density at radius 1 is 0.970 bits per heavy atom. The fourth-order valence-electron chi connectivity index (χ4n) is 4.16. The molecule has 3 aromatic carbocycles. The number of amides is 1. The zero-order valence-electron chi connectivity index (χ0n) is 17.7. The van der Waals surface area contributed by atoms with Gasteiger partial charge >= 0.3 is 5.69 Å². The van der Waals surface area contributed by atoms with Crippen molar-refractivity contribution in [2.24, 2.45) is 4.99 Å². The Kier molecular flexibility index (Phi) is 5.56. The number of benzodiazepines with no additional fused rings is 1. The number of H-pyrrole nitrogens is 1. The van der Waals surface area contributed by atoms with Crippen LogP contribution in [0.4, 0.5) is 5.69 Å². The lowest BCUT2D eigenvalue weighted by molar-refractivity contribution is -0.117. The molecule has 166 valence electrons. The van der Waals surface area contributed by atoms with E-state index in [-0.39, 0.29) is 11.6 Å². The van der Waals surface area contributed by atoms with Gasteiger partial charge in [-0.1, -0.05) is 41.4 Å². The van der Waals surface area contributed by atoms with E-state index in [4.69, 9.17) is 28.2 Å². The number of carbonyl (C=O) groups is 1. The highest BCUT2D eigenvalue weighted by Crippen LogP contribution is 2.29. The number of nitrogens with one attached hydrogen (secondary N) is 2. The molecule has 0 radical (unpaired) electrons. The highest BCUT2D eigenvalue weighted by atomic mass is 35.5. The molecule has 0 bridgehead atoms. The molecule has 8 heteroatoms. The first-order chi connectivity index (χ1) is 15.9. The molecule has 1 amide bonds. The highest BCUT2D eigenvalue weighted by molar-refractivity contribution is 6.32. The molecule has 2 heterocycles. The van der Waals surface area contributed by atoms with Crippen molar-refractivity contribution in [3.05, 3.63) is 97.9 Å². The summed E-state index contributed by atoms with van der Waals surface area (Å²) in [7, 11) is 0. The number of hydrogen-bond donors (Lipinski definition) is 2. The average Bonchev–Trinajstić information content (AvgIpc) is 3.05. The first kappa shape index (κ1) is 21.5. The van der Waals surface area contributed by atoms with Crippen molar-refractivity contribution < 1.29 is 4.79 Å². The average molecular weight is 479 g/mol. The Morgan fingerprint density at radius 2 is 1.73 bits per heavy atom. The fourth-order valence-corrected chi connectivity index (χ4v) is 4.46. The summed E-state index contributed by atoms with van der Waals surface area (Å²) in [5.41, 5.74) is 5.11. The van der Waals surface area contributed by atoms with Crippen molar-refractivity contribution in [1.82, 2.24) is 9.55 Å². The molecule has 1 aliphatic rings. The molecule has 0 saturated carbocycles. The second-order valence-corrected chi connectivity index (χ2v) is 8.78. The molecule has 33 heavy (non-hydrogen) atoms. The molecular formula is C25H20Cl2N4O2. The van der Waals surface area contributed by atoms with Crippen LogP contribution < -0.4 is 11.0 Å². The predicted octanol–water partition coefficient (Wildman–Crippen LogP) is 5.06. The summed E-state index contributed by atoms with van der Waals surface area (Å²) in [6.07, 6.45) is 0.416. The number of halogens is 2. The van der Waals surface area contributed by atoms with Gasteiger partial charge < -0.3 is 10.3 Å². The smallest absolute Gasteiger partial charge is 0.324 e. The minimum absolute atomic E-state index is 0.159. The number of aliphatic imine (C=N–C) groups is 1. The van der Waals surface area contributed by atoms with Crippen LogP contribution in [0.15, 0.2) is 70.5 Å². The molecule has 6 nitrogen and oxygen atoms in total. The number of rotatable bonds is 4. The quantitative estimate of drug-likeness (QED) is 0.429. The Morgan fingerprint density at radius 3 is 2.48 bits per heavy atom. The number of aromatic nitrogens is 2. The monoisotopic (exact) mass is 478 g/mol. The normalized spacial score (nSPS) is 15.7. The van der Waals surface area contributed by atoms with Crippen LogP contribution in [0.25, 0.3) is 11.0 Å². The number of imidazole rings is 1. The van der Waals surface area contributed by atoms with Gasteiger partial charge in [0.05, 0.1) is 22.4 Å². The van der Waals surface area contributed by atoms with Gasteiger partial charge in [0, 0.05) is 34.1 Å². The molecule has 0 saturated heterocycles. The third kappa shape index (κ3) is 4.08. The second kappa shape index (κ2) is 8.54. The molecule has 1 atom stereocenters. The van der Waals surface area contributed by atoms with Crippen molar-refractivity contribution in [3.63, 3.8) is 0 Å². The van der Waals surface area contributed by atoms with Crippen LogP contribution in [0.3, 0.4) is 0 Å². The molecular weight excluding hydrogens is 459 g/mol. The van der Waals surface area contributed by atoms with Crippen LogP contribution in [-0.2, 0) is 17.8 Å². The number of hydrogen-bond acceptors (Lipinski definition) is 3. The van der Waals surface area contributed by atoms with E-state index >= 15 is 0 Å². The van der Waals surface area contributed by atoms with Crippen LogP contribution in [0.5, 0.6) is 0 Å². The van der Waals surface area contributed by atoms with Gasteiger partial charge in [0.25, 0.3) is 0 Å². The van der Waals surface area contributed by atoms with Crippen molar-refractivity contribution in [2.45, 2.75) is 25.9 Å². The maximum atomic E-state index is 13.1. The number of anilines is 1. The van der Waals surface area contributed by atoms with Gasteiger partial charge in [-0.3, -0.25) is 14.4 Å². The van der Waals surface area contributed by atoms with Gasteiger partial charge in [0.15, 0.2) is 0 Å². The number of benzene rings is 3. The summed E-state index contributed by atoms with van der Waals surface area (Å²) in [4.78, 5) is 33.2. The Bertz CT molecular complexity index is 1470. The topological polar surface area (TPSA) is 79.2 Å². The second-order valence-electron chi connectivity index (χ2n) is 7.91. The summed E-state index contributed by atoms with van der Waals surface area (Å²) in [6.45, 7) is 2.49. The fraction of sp³-hybridized carbons (Fsp3) is 0.160. The molecule has 0 aliphatic carbocycles. The van der Waals surface area contributed by atoms with Crippen LogP contribution in [0.2, 0.25) is 10.0 Å². The van der Waals surface area contributed by atoms with Gasteiger partial charge in [-0.15, -0.1) is 0 Å². The molecule has 5 rings (SSSR count). The van der Waals surface area contributed by atoms with E-state index in [1.54, 1.807) is 34.9 Å².